The van der Waals surface area contributed by atoms with E-state index in [0.29, 0.717) is 45.8 Å². The van der Waals surface area contributed by atoms with Crippen LogP contribution in [0.2, 0.25) is 36.3 Å². The molecular formula is C60H112N2O7Si2. The molecule has 1 N–H and O–H groups in total. The minimum atomic E-state index is -2.19. The fourth-order valence-corrected chi connectivity index (χ4v) is 10.3. The second-order valence-electron chi connectivity index (χ2n) is 23.8. The Morgan fingerprint density at radius 1 is 0.535 bits per heavy atom. The third-order valence-corrected chi connectivity index (χ3v) is 24.0. The van der Waals surface area contributed by atoms with Crippen LogP contribution in [0, 0.1) is 11.8 Å². The average Bonchev–Trinajstić information content (AvgIpc) is 3.30. The Bertz CT molecular complexity index is 1550. The van der Waals surface area contributed by atoms with Crippen LogP contribution in [0.1, 0.15) is 235 Å². The van der Waals surface area contributed by atoms with E-state index in [0.717, 1.165) is 81.3 Å². The number of unbranched alkanes of at least 4 members (excludes halogenated alkanes) is 16. The van der Waals surface area contributed by atoms with E-state index in [1.165, 1.54) is 89.9 Å². The summed E-state index contributed by atoms with van der Waals surface area (Å²) in [4.78, 5) is 42.6. The van der Waals surface area contributed by atoms with Crippen molar-refractivity contribution in [1.82, 2.24) is 10.2 Å². The number of rotatable bonds is 42. The zero-order valence-electron chi connectivity index (χ0n) is 48.8. The Morgan fingerprint density at radius 3 is 1.32 bits per heavy atom. The van der Waals surface area contributed by atoms with Gasteiger partial charge >= 0.3 is 11.9 Å². The molecule has 0 aliphatic heterocycles. The predicted molar refractivity (Wildman–Crippen MR) is 308 cm³/mol. The Morgan fingerprint density at radius 2 is 0.915 bits per heavy atom. The molecule has 0 bridgehead atoms. The van der Waals surface area contributed by atoms with Gasteiger partial charge in [0, 0.05) is 32.3 Å². The summed E-state index contributed by atoms with van der Waals surface area (Å²) >= 11 is 0. The number of ether oxygens (including phenoxy) is 2. The minimum Gasteiger partial charge on any atom is -0.541 e. The van der Waals surface area contributed by atoms with Gasteiger partial charge in [-0.05, 0) is 92.1 Å². The summed E-state index contributed by atoms with van der Waals surface area (Å²) in [7, 11) is -4.33. The molecule has 0 saturated heterocycles. The number of nitrogens with zero attached hydrogens (tertiary/aromatic N) is 1. The number of amides is 1. The highest BCUT2D eigenvalue weighted by Gasteiger charge is 2.42. The van der Waals surface area contributed by atoms with Crippen LogP contribution in [0.25, 0.3) is 6.08 Å². The maximum Gasteiger partial charge on any atom is 0.308 e. The van der Waals surface area contributed by atoms with Crippen LogP contribution in [0.15, 0.2) is 24.3 Å². The van der Waals surface area contributed by atoms with Crippen LogP contribution in [-0.4, -0.2) is 78.8 Å². The van der Waals surface area contributed by atoms with Gasteiger partial charge in [-0.25, -0.2) is 0 Å². The van der Waals surface area contributed by atoms with E-state index in [9.17, 15) is 14.4 Å². The lowest BCUT2D eigenvalue weighted by Gasteiger charge is -2.39. The number of benzene rings is 1. The predicted octanol–water partition coefficient (Wildman–Crippen LogP) is 17.0. The fraction of sp³-hybridized carbons (Fsp3) is 0.817. The summed E-state index contributed by atoms with van der Waals surface area (Å²) in [5, 5.41) is 3.11. The van der Waals surface area contributed by atoms with Gasteiger partial charge in [0.05, 0.1) is 11.8 Å². The molecule has 0 aromatic heterocycles. The SMILES string of the molecule is CCCCCCCCC(CCCCCC)C(=O)OCCN(CCCNC(=O)/C=C/c1ccc(O[Si](C)(C)C(C)(C)C)c(O[Si](C)(C)C(C)(C)C)c1)CCOC(=O)C(CCCCCC)CCCCCCCC. The smallest absolute Gasteiger partial charge is 0.308 e. The van der Waals surface area contributed by atoms with Crippen LogP contribution in [0.3, 0.4) is 0 Å². The van der Waals surface area contributed by atoms with E-state index >= 15 is 0 Å². The molecule has 1 aromatic carbocycles. The van der Waals surface area contributed by atoms with Gasteiger partial charge in [0.1, 0.15) is 24.7 Å². The molecule has 1 rings (SSSR count). The van der Waals surface area contributed by atoms with Gasteiger partial charge in [-0.2, -0.15) is 0 Å². The summed E-state index contributed by atoms with van der Waals surface area (Å²) in [6, 6.07) is 6.00. The Balaban J connectivity index is 3.11. The number of nitrogens with one attached hydrogen (secondary N) is 1. The summed E-state index contributed by atoms with van der Waals surface area (Å²) in [6.07, 6.45) is 31.4. The van der Waals surface area contributed by atoms with Crippen molar-refractivity contribution < 1.29 is 32.7 Å². The normalized spacial score (nSPS) is 13.4. The van der Waals surface area contributed by atoms with E-state index in [2.05, 4.69) is 106 Å². The Labute approximate surface area is 440 Å². The molecule has 1 amide bonds. The molecule has 412 valence electrons. The van der Waals surface area contributed by atoms with Crippen molar-refractivity contribution in [3.05, 3.63) is 29.8 Å². The van der Waals surface area contributed by atoms with Crippen LogP contribution in [0.4, 0.5) is 0 Å². The average molecular weight is 1030 g/mol. The third kappa shape index (κ3) is 29.7. The van der Waals surface area contributed by atoms with Gasteiger partial charge in [-0.3, -0.25) is 19.3 Å². The maximum atomic E-state index is 13.6. The first-order chi connectivity index (χ1) is 33.6. The van der Waals surface area contributed by atoms with Crippen molar-refractivity contribution in [2.24, 2.45) is 11.8 Å². The molecule has 2 unspecified atom stereocenters. The zero-order valence-corrected chi connectivity index (χ0v) is 50.8. The van der Waals surface area contributed by atoms with Gasteiger partial charge in [0.15, 0.2) is 0 Å². The van der Waals surface area contributed by atoms with E-state index in [1.807, 2.05) is 24.3 Å². The molecule has 9 nitrogen and oxygen atoms in total. The van der Waals surface area contributed by atoms with Crippen molar-refractivity contribution in [2.75, 3.05) is 39.4 Å². The topological polar surface area (TPSA) is 103 Å². The van der Waals surface area contributed by atoms with Crippen LogP contribution < -0.4 is 14.2 Å². The highest BCUT2D eigenvalue weighted by Crippen LogP contribution is 2.44. The lowest BCUT2D eigenvalue weighted by molar-refractivity contribution is -0.150. The van der Waals surface area contributed by atoms with Gasteiger partial charge in [0.25, 0.3) is 16.6 Å². The molecule has 1 aromatic rings. The molecule has 0 heterocycles. The molecule has 0 fully saturated rings. The Kier molecular flexibility index (Phi) is 34.7. The molecule has 0 radical (unpaired) electrons. The van der Waals surface area contributed by atoms with E-state index in [-0.39, 0.29) is 39.8 Å². The standard InChI is InChI=1S/C60H112N2O7Si2/c1-15-19-23-27-29-33-38-52(36-31-25-21-17-3)57(64)66-48-46-62(47-49-67-58(65)53(37-32-26-22-18-4)39-34-30-28-24-20-16-2)45-35-44-61-56(63)43-41-51-40-42-54(68-70(11,12)59(5,6)7)55(50-51)69-71(13,14)60(8,9)10/h40-43,50,52-53H,15-39,44-49H2,1-14H3,(H,61,63)/b43-41+. The summed E-state index contributed by atoms with van der Waals surface area (Å²) < 4.78 is 25.7. The minimum absolute atomic E-state index is 0.00455. The largest absolute Gasteiger partial charge is 0.541 e. The monoisotopic (exact) mass is 1030 g/mol. The van der Waals surface area contributed by atoms with Crippen LogP contribution in [-0.2, 0) is 23.9 Å². The van der Waals surface area contributed by atoms with E-state index in [1.54, 1.807) is 6.08 Å². The van der Waals surface area contributed by atoms with Crippen molar-refractivity contribution in [3.8, 4) is 11.5 Å². The maximum absolute atomic E-state index is 13.6. The van der Waals surface area contributed by atoms with Crippen molar-refractivity contribution >= 4 is 40.6 Å². The van der Waals surface area contributed by atoms with Gasteiger partial charge in [-0.15, -0.1) is 0 Å². The molecule has 0 aliphatic carbocycles. The first-order valence-corrected chi connectivity index (χ1v) is 35.0. The van der Waals surface area contributed by atoms with Crippen molar-refractivity contribution in [2.45, 2.75) is 266 Å². The summed E-state index contributed by atoms with van der Waals surface area (Å²) in [6.45, 7) is 34.1. The number of hydrogen-bond donors (Lipinski definition) is 1. The fourth-order valence-electron chi connectivity index (χ4n) is 8.25. The molecule has 2 atom stereocenters. The molecule has 0 aliphatic rings. The second kappa shape index (κ2) is 37.2. The lowest BCUT2D eigenvalue weighted by atomic mass is 9.94. The second-order valence-corrected chi connectivity index (χ2v) is 33.2. The van der Waals surface area contributed by atoms with Crippen molar-refractivity contribution in [3.63, 3.8) is 0 Å². The highest BCUT2D eigenvalue weighted by atomic mass is 28.4. The lowest BCUT2D eigenvalue weighted by Crippen LogP contribution is -2.45. The van der Waals surface area contributed by atoms with E-state index in [4.69, 9.17) is 18.3 Å². The zero-order chi connectivity index (χ0) is 53.2. The first-order valence-electron chi connectivity index (χ1n) is 29.2. The third-order valence-electron chi connectivity index (χ3n) is 15.3. The number of esters is 2. The molecule has 0 saturated carbocycles. The highest BCUT2D eigenvalue weighted by molar-refractivity contribution is 6.75. The molecule has 11 heteroatoms. The quantitative estimate of drug-likeness (QED) is 0.0299. The van der Waals surface area contributed by atoms with Gasteiger partial charge in [-0.1, -0.05) is 204 Å². The van der Waals surface area contributed by atoms with Crippen molar-refractivity contribution in [1.29, 1.82) is 0 Å². The van der Waals surface area contributed by atoms with Gasteiger partial charge < -0.3 is 23.6 Å². The van der Waals surface area contributed by atoms with E-state index < -0.39 is 16.6 Å². The number of carbonyl (C=O) groups excluding carboxylic acids is 3. The number of hydrogen-bond acceptors (Lipinski definition) is 8. The van der Waals surface area contributed by atoms with Crippen LogP contribution in [0.5, 0.6) is 11.5 Å². The first kappa shape index (κ1) is 66.4. The summed E-state index contributed by atoms with van der Waals surface area (Å²) in [5.74, 6) is 1.08. The summed E-state index contributed by atoms with van der Waals surface area (Å²) in [5.41, 5.74) is 0.872. The Hall–Kier alpha value is -2.64. The number of carbonyl (C=O) groups is 3. The molecule has 71 heavy (non-hydrogen) atoms. The molecular weight excluding hydrogens is 917 g/mol. The van der Waals surface area contributed by atoms with Gasteiger partial charge in [0.2, 0.25) is 5.91 Å². The molecule has 0 spiro atoms. The van der Waals surface area contributed by atoms with Crippen LogP contribution >= 0.6 is 0 Å².